The van der Waals surface area contributed by atoms with E-state index in [1.54, 1.807) is 0 Å². The molecule has 0 aromatic heterocycles. The third kappa shape index (κ3) is 8.80. The number of hydrogen-bond acceptors (Lipinski definition) is 2. The van der Waals surface area contributed by atoms with Crippen molar-refractivity contribution in [3.05, 3.63) is 204 Å². The van der Waals surface area contributed by atoms with Crippen LogP contribution in [-0.2, 0) is 0 Å². The van der Waals surface area contributed by atoms with Gasteiger partial charge in [-0.25, -0.2) is 0 Å². The molecule has 0 N–H and O–H groups in total. The van der Waals surface area contributed by atoms with Crippen molar-refractivity contribution in [2.45, 2.75) is 99.6 Å². The molecular formula is C67H70N2Si2. The lowest BCUT2D eigenvalue weighted by Crippen LogP contribution is -2.37. The lowest BCUT2D eigenvalue weighted by molar-refractivity contribution is 0.875. The van der Waals surface area contributed by atoms with Gasteiger partial charge in [0.25, 0.3) is 0 Å². The zero-order chi connectivity index (χ0) is 50.1. The Kier molecular flexibility index (Phi) is 12.5. The first-order valence-electron chi connectivity index (χ1n) is 25.8. The number of hydrogen-bond donors (Lipinski definition) is 0. The average Bonchev–Trinajstić information content (AvgIpc) is 3.35. The Morgan fingerprint density at radius 2 is 0.746 bits per heavy atom. The summed E-state index contributed by atoms with van der Waals surface area (Å²) in [7, 11) is -3.16. The van der Waals surface area contributed by atoms with Gasteiger partial charge >= 0.3 is 0 Å². The molecule has 0 spiro atoms. The van der Waals surface area contributed by atoms with E-state index in [0.29, 0.717) is 0 Å². The molecule has 71 heavy (non-hydrogen) atoms. The highest BCUT2D eigenvalue weighted by Gasteiger charge is 2.29. The third-order valence-electron chi connectivity index (χ3n) is 15.1. The van der Waals surface area contributed by atoms with Crippen molar-refractivity contribution in [1.82, 2.24) is 0 Å². The summed E-state index contributed by atoms with van der Waals surface area (Å²) in [6, 6.07) is 67.4. The number of aryl methyl sites for hydroxylation is 3. The van der Waals surface area contributed by atoms with Gasteiger partial charge in [-0.3, -0.25) is 0 Å². The van der Waals surface area contributed by atoms with E-state index < -0.39 is 16.1 Å². The monoisotopic (exact) mass is 959 g/mol. The van der Waals surface area contributed by atoms with Crippen LogP contribution in [0.25, 0.3) is 54.6 Å². The van der Waals surface area contributed by atoms with E-state index in [2.05, 4.69) is 273 Å². The van der Waals surface area contributed by atoms with E-state index in [1.807, 2.05) is 0 Å². The SMILES string of the molecule is Cc1ccc(-c2ccccc2)cc1N(c1ccc([Si](C)(C)C)cc1)c1cc(C(C)C)c2ccc3c(N(c4ccc([Si](C)(C)C)cc4C)c4cc(-c5ccccc5)ccc4C)cc(C(C)C)c4ccc1c2c43. The van der Waals surface area contributed by atoms with E-state index in [4.69, 9.17) is 0 Å². The molecule has 2 nitrogen and oxygen atoms in total. The standard InChI is InChI=1S/C67H70N2Si2/c1-43(2)59-41-64(68(52-28-30-53(31-29-52)70(8,9)10)62-39-50(26-24-45(62)5)48-20-16-14-17-21-48)57-35-33-56-60(44(3)4)42-65(58-36-34-55(59)66(57)67(56)58)69(61-37-32-54(38-47(61)7)71(11,12)13)63-40-51(27-25-46(63)6)49-22-18-15-19-23-49/h14-44H,1-13H3. The van der Waals surface area contributed by atoms with Gasteiger partial charge in [0.2, 0.25) is 0 Å². The Morgan fingerprint density at radius 1 is 0.324 bits per heavy atom. The number of benzene rings is 10. The summed E-state index contributed by atoms with van der Waals surface area (Å²) in [6.07, 6.45) is 0. The zero-order valence-electron chi connectivity index (χ0n) is 44.3. The maximum atomic E-state index is 2.61. The van der Waals surface area contributed by atoms with Crippen LogP contribution in [0, 0.1) is 20.8 Å². The molecule has 0 radical (unpaired) electrons. The maximum Gasteiger partial charge on any atom is 0.0776 e. The Labute approximate surface area is 426 Å². The van der Waals surface area contributed by atoms with Crippen molar-refractivity contribution in [2.24, 2.45) is 0 Å². The molecule has 4 heteroatoms. The van der Waals surface area contributed by atoms with Gasteiger partial charge in [-0.15, -0.1) is 0 Å². The van der Waals surface area contributed by atoms with Gasteiger partial charge in [0.05, 0.1) is 27.5 Å². The first-order valence-corrected chi connectivity index (χ1v) is 32.8. The highest BCUT2D eigenvalue weighted by atomic mass is 28.3. The second-order valence-corrected chi connectivity index (χ2v) is 33.0. The fourth-order valence-electron chi connectivity index (χ4n) is 10.9. The third-order valence-corrected chi connectivity index (χ3v) is 19.2. The molecule has 0 amide bonds. The van der Waals surface area contributed by atoms with Gasteiger partial charge in [0.15, 0.2) is 0 Å². The maximum absolute atomic E-state index is 2.61. The van der Waals surface area contributed by atoms with Gasteiger partial charge in [0.1, 0.15) is 0 Å². The Balaban J connectivity index is 1.32. The predicted molar refractivity (Wildman–Crippen MR) is 319 cm³/mol. The molecule has 0 atom stereocenters. The predicted octanol–water partition coefficient (Wildman–Crippen LogP) is 19.1. The normalized spacial score (nSPS) is 12.3. The second-order valence-electron chi connectivity index (χ2n) is 22.8. The first-order chi connectivity index (χ1) is 33.9. The molecule has 10 rings (SSSR count). The molecule has 10 aromatic rings. The van der Waals surface area contributed by atoms with Crippen molar-refractivity contribution in [2.75, 3.05) is 9.80 Å². The summed E-state index contributed by atoms with van der Waals surface area (Å²) in [6.45, 7) is 31.0. The van der Waals surface area contributed by atoms with Gasteiger partial charge in [-0.2, -0.15) is 0 Å². The summed E-state index contributed by atoms with van der Waals surface area (Å²) >= 11 is 0. The van der Waals surface area contributed by atoms with Crippen LogP contribution in [0.3, 0.4) is 0 Å². The van der Waals surface area contributed by atoms with E-state index in [-0.39, 0.29) is 11.8 Å². The molecule has 0 saturated carbocycles. The molecule has 0 fully saturated rings. The highest BCUT2D eigenvalue weighted by Crippen LogP contribution is 2.52. The lowest BCUT2D eigenvalue weighted by atomic mass is 9.84. The molecule has 0 aliphatic rings. The second kappa shape index (κ2) is 18.5. The molecule has 356 valence electrons. The van der Waals surface area contributed by atoms with Crippen LogP contribution < -0.4 is 20.2 Å². The largest absolute Gasteiger partial charge is 0.310 e. The van der Waals surface area contributed by atoms with Gasteiger partial charge in [0, 0.05) is 33.5 Å². The molecule has 0 bridgehead atoms. The highest BCUT2D eigenvalue weighted by molar-refractivity contribution is 6.89. The van der Waals surface area contributed by atoms with Crippen LogP contribution in [0.15, 0.2) is 176 Å². The minimum Gasteiger partial charge on any atom is -0.310 e. The van der Waals surface area contributed by atoms with Crippen LogP contribution in [0.4, 0.5) is 34.1 Å². The van der Waals surface area contributed by atoms with E-state index in [1.165, 1.54) is 127 Å². The topological polar surface area (TPSA) is 6.48 Å². The molecule has 0 heterocycles. The van der Waals surface area contributed by atoms with Crippen LogP contribution in [0.2, 0.25) is 39.3 Å². The molecule has 0 saturated heterocycles. The molecule has 0 unspecified atom stereocenters. The van der Waals surface area contributed by atoms with Crippen molar-refractivity contribution in [1.29, 1.82) is 0 Å². The van der Waals surface area contributed by atoms with Crippen molar-refractivity contribution < 1.29 is 0 Å². The summed E-state index contributed by atoms with van der Waals surface area (Å²) in [5.74, 6) is 0.559. The Bertz CT molecular complexity index is 3580. The fourth-order valence-corrected chi connectivity index (χ4v) is 13.3. The first kappa shape index (κ1) is 47.9. The number of rotatable bonds is 12. The average molecular weight is 959 g/mol. The van der Waals surface area contributed by atoms with E-state index in [9.17, 15) is 0 Å². The summed E-state index contributed by atoms with van der Waals surface area (Å²) < 4.78 is 0. The Hall–Kier alpha value is -6.73. The van der Waals surface area contributed by atoms with Crippen molar-refractivity contribution >= 4 is 93.0 Å². The Morgan fingerprint density at radius 3 is 1.18 bits per heavy atom. The molecular weight excluding hydrogens is 889 g/mol. The van der Waals surface area contributed by atoms with Crippen molar-refractivity contribution in [3.8, 4) is 22.3 Å². The van der Waals surface area contributed by atoms with Gasteiger partial charge < -0.3 is 9.80 Å². The smallest absolute Gasteiger partial charge is 0.0776 e. The fraction of sp³-hybridized carbons (Fsp3) is 0.224. The van der Waals surface area contributed by atoms with Gasteiger partial charge in [-0.05, 0) is 147 Å². The van der Waals surface area contributed by atoms with Gasteiger partial charge in [-0.1, -0.05) is 211 Å². The summed E-state index contributed by atoms with van der Waals surface area (Å²) in [5.41, 5.74) is 18.6. The van der Waals surface area contributed by atoms with E-state index in [0.717, 1.165) is 0 Å². The summed E-state index contributed by atoms with van der Waals surface area (Å²) in [4.78, 5) is 5.18. The quantitative estimate of drug-likeness (QED) is 0.0889. The lowest BCUT2D eigenvalue weighted by Gasteiger charge is -2.33. The summed E-state index contributed by atoms with van der Waals surface area (Å²) in [5, 5.41) is 10.8. The minimum absolute atomic E-state index is 0.279. The minimum atomic E-state index is -1.59. The number of nitrogens with zero attached hydrogens (tertiary/aromatic N) is 2. The van der Waals surface area contributed by atoms with Crippen LogP contribution >= 0.6 is 0 Å². The number of anilines is 6. The van der Waals surface area contributed by atoms with Crippen molar-refractivity contribution in [3.63, 3.8) is 0 Å². The molecule has 10 aromatic carbocycles. The molecule has 0 aliphatic heterocycles. The molecule has 0 aliphatic carbocycles. The van der Waals surface area contributed by atoms with E-state index >= 15 is 0 Å². The van der Waals surface area contributed by atoms with Crippen LogP contribution in [-0.4, -0.2) is 16.1 Å². The zero-order valence-corrected chi connectivity index (χ0v) is 46.3. The van der Waals surface area contributed by atoms with Crippen LogP contribution in [0.1, 0.15) is 67.3 Å². The van der Waals surface area contributed by atoms with Crippen LogP contribution in [0.5, 0.6) is 0 Å².